The van der Waals surface area contributed by atoms with Crippen LogP contribution in [-0.4, -0.2) is 44.4 Å². The maximum Gasteiger partial charge on any atom is 0.234 e. The number of carbonyl (C=O) groups excluding carboxylic acids is 1. The molecule has 28 heavy (non-hydrogen) atoms. The van der Waals surface area contributed by atoms with Crippen molar-refractivity contribution in [1.82, 2.24) is 4.90 Å². The minimum atomic E-state index is -0.470. The molecule has 5 nitrogen and oxygen atoms in total. The van der Waals surface area contributed by atoms with Crippen LogP contribution in [0.5, 0.6) is 17.2 Å². The van der Waals surface area contributed by atoms with Crippen LogP contribution in [0.15, 0.2) is 42.5 Å². The lowest BCUT2D eigenvalue weighted by atomic mass is 9.93. The average Bonchev–Trinajstić information content (AvgIpc) is 3.42. The Morgan fingerprint density at radius 2 is 1.79 bits per heavy atom. The third-order valence-electron chi connectivity index (χ3n) is 5.64. The molecule has 2 fully saturated rings. The zero-order chi connectivity index (χ0) is 19.7. The van der Waals surface area contributed by atoms with Crippen LogP contribution in [0, 0.1) is 0 Å². The molecule has 0 radical (unpaired) electrons. The summed E-state index contributed by atoms with van der Waals surface area (Å²) in [4.78, 5) is 15.7. The normalized spacial score (nSPS) is 20.0. The first kappa shape index (κ1) is 19.0. The van der Waals surface area contributed by atoms with E-state index in [1.165, 1.54) is 0 Å². The molecular weight excluding hydrogens is 374 g/mol. The summed E-state index contributed by atoms with van der Waals surface area (Å²) in [5.74, 6) is 3.41. The molecule has 2 aromatic carbocycles. The minimum absolute atomic E-state index is 0.0790. The van der Waals surface area contributed by atoms with Crippen LogP contribution in [0.2, 0.25) is 0 Å². The number of hydrogen-bond acceptors (Lipinski definition) is 5. The van der Waals surface area contributed by atoms with Crippen molar-refractivity contribution >= 4 is 17.7 Å². The van der Waals surface area contributed by atoms with Gasteiger partial charge in [-0.3, -0.25) is 4.79 Å². The van der Waals surface area contributed by atoms with Gasteiger partial charge in [-0.2, -0.15) is 0 Å². The summed E-state index contributed by atoms with van der Waals surface area (Å²) >= 11 is 1.77. The van der Waals surface area contributed by atoms with Crippen LogP contribution in [0.4, 0.5) is 0 Å². The molecule has 0 spiro atoms. The number of thioether (sulfide) groups is 1. The summed E-state index contributed by atoms with van der Waals surface area (Å²) in [5, 5.41) is -0.0790. The van der Waals surface area contributed by atoms with Crippen molar-refractivity contribution in [2.75, 3.05) is 33.6 Å². The number of para-hydroxylation sites is 1. The standard InChI is InChI=1S/C22H25NO4S/c1-25-15-8-9-18(26-2)16(14-15)20-23(12-13-28-20)21(24)22(10-11-22)17-6-4-5-7-19(17)27-3/h4-9,14,20H,10-13H2,1-3H3. The molecule has 1 aliphatic carbocycles. The van der Waals surface area contributed by atoms with E-state index in [1.807, 2.05) is 47.4 Å². The molecule has 0 N–H and O–H groups in total. The molecular formula is C22H25NO4S. The van der Waals surface area contributed by atoms with E-state index in [4.69, 9.17) is 14.2 Å². The average molecular weight is 400 g/mol. The molecule has 4 rings (SSSR count). The largest absolute Gasteiger partial charge is 0.497 e. The van der Waals surface area contributed by atoms with Gasteiger partial charge in [0.1, 0.15) is 22.6 Å². The minimum Gasteiger partial charge on any atom is -0.497 e. The Morgan fingerprint density at radius 3 is 2.46 bits per heavy atom. The van der Waals surface area contributed by atoms with Gasteiger partial charge >= 0.3 is 0 Å². The third kappa shape index (κ3) is 3.09. The van der Waals surface area contributed by atoms with Gasteiger partial charge in [0.25, 0.3) is 0 Å². The second kappa shape index (κ2) is 7.59. The highest BCUT2D eigenvalue weighted by molar-refractivity contribution is 7.99. The Kier molecular flexibility index (Phi) is 5.15. The van der Waals surface area contributed by atoms with E-state index in [-0.39, 0.29) is 11.3 Å². The number of hydrogen-bond donors (Lipinski definition) is 0. The van der Waals surface area contributed by atoms with Gasteiger partial charge in [-0.05, 0) is 37.1 Å². The summed E-state index contributed by atoms with van der Waals surface area (Å²) in [6.07, 6.45) is 1.71. The first-order valence-corrected chi connectivity index (χ1v) is 10.5. The number of carbonyl (C=O) groups is 1. The van der Waals surface area contributed by atoms with E-state index in [0.29, 0.717) is 0 Å². The molecule has 1 heterocycles. The Hall–Kier alpha value is -2.34. The number of rotatable bonds is 6. The molecule has 1 saturated carbocycles. The van der Waals surface area contributed by atoms with Gasteiger partial charge in [-0.1, -0.05) is 18.2 Å². The summed E-state index contributed by atoms with van der Waals surface area (Å²) < 4.78 is 16.5. The van der Waals surface area contributed by atoms with Crippen molar-refractivity contribution in [3.63, 3.8) is 0 Å². The van der Waals surface area contributed by atoms with E-state index < -0.39 is 5.41 Å². The highest BCUT2D eigenvalue weighted by Crippen LogP contribution is 2.55. The van der Waals surface area contributed by atoms with E-state index in [2.05, 4.69) is 0 Å². The Bertz CT molecular complexity index is 881. The number of methoxy groups -OCH3 is 3. The van der Waals surface area contributed by atoms with Crippen molar-refractivity contribution in [1.29, 1.82) is 0 Å². The quantitative estimate of drug-likeness (QED) is 0.734. The molecule has 1 unspecified atom stereocenters. The Balaban J connectivity index is 1.69. The van der Waals surface area contributed by atoms with Crippen molar-refractivity contribution in [2.45, 2.75) is 23.6 Å². The molecule has 1 saturated heterocycles. The smallest absolute Gasteiger partial charge is 0.234 e. The third-order valence-corrected chi connectivity index (χ3v) is 6.88. The van der Waals surface area contributed by atoms with E-state index in [1.54, 1.807) is 33.1 Å². The van der Waals surface area contributed by atoms with Crippen molar-refractivity contribution in [2.24, 2.45) is 0 Å². The zero-order valence-electron chi connectivity index (χ0n) is 16.4. The molecule has 2 aliphatic rings. The molecule has 148 valence electrons. The van der Waals surface area contributed by atoms with Crippen LogP contribution in [-0.2, 0) is 10.2 Å². The number of benzene rings is 2. The van der Waals surface area contributed by atoms with Crippen molar-refractivity contribution in [3.05, 3.63) is 53.6 Å². The van der Waals surface area contributed by atoms with E-state index in [9.17, 15) is 4.79 Å². The van der Waals surface area contributed by atoms with Gasteiger partial charge in [0.05, 0.1) is 26.7 Å². The second-order valence-corrected chi connectivity index (χ2v) is 8.30. The monoisotopic (exact) mass is 399 g/mol. The van der Waals surface area contributed by atoms with Crippen LogP contribution in [0.3, 0.4) is 0 Å². The first-order chi connectivity index (χ1) is 13.6. The van der Waals surface area contributed by atoms with Gasteiger partial charge < -0.3 is 19.1 Å². The first-order valence-electron chi connectivity index (χ1n) is 9.42. The fourth-order valence-corrected chi connectivity index (χ4v) is 5.28. The molecule has 1 amide bonds. The Labute approximate surface area is 170 Å². The highest BCUT2D eigenvalue weighted by Gasteiger charge is 2.56. The van der Waals surface area contributed by atoms with Crippen LogP contribution < -0.4 is 14.2 Å². The predicted octanol–water partition coefficient (Wildman–Crippen LogP) is 4.02. The van der Waals surface area contributed by atoms with Gasteiger partial charge in [-0.25, -0.2) is 0 Å². The van der Waals surface area contributed by atoms with Crippen molar-refractivity contribution in [3.8, 4) is 17.2 Å². The highest BCUT2D eigenvalue weighted by atomic mass is 32.2. The molecule has 0 bridgehead atoms. The fourth-order valence-electron chi connectivity index (χ4n) is 4.01. The fraction of sp³-hybridized carbons (Fsp3) is 0.409. The molecule has 1 atom stereocenters. The van der Waals surface area contributed by atoms with Gasteiger partial charge in [-0.15, -0.1) is 11.8 Å². The maximum absolute atomic E-state index is 13.7. The number of amides is 1. The number of ether oxygens (including phenoxy) is 3. The van der Waals surface area contributed by atoms with Crippen LogP contribution >= 0.6 is 11.8 Å². The lowest BCUT2D eigenvalue weighted by Crippen LogP contribution is -2.39. The zero-order valence-corrected chi connectivity index (χ0v) is 17.3. The van der Waals surface area contributed by atoms with Gasteiger partial charge in [0.15, 0.2) is 0 Å². The lowest BCUT2D eigenvalue weighted by Gasteiger charge is -2.30. The molecule has 2 aromatic rings. The summed E-state index contributed by atoms with van der Waals surface area (Å²) in [5.41, 5.74) is 1.51. The molecule has 0 aromatic heterocycles. The van der Waals surface area contributed by atoms with Gasteiger partial charge in [0, 0.05) is 23.4 Å². The van der Waals surface area contributed by atoms with Crippen LogP contribution in [0.25, 0.3) is 0 Å². The SMILES string of the molecule is COc1ccc(OC)c(C2SCCN2C(=O)C2(c3ccccc3OC)CC2)c1. The van der Waals surface area contributed by atoms with Crippen molar-refractivity contribution < 1.29 is 19.0 Å². The lowest BCUT2D eigenvalue weighted by molar-refractivity contribution is -0.134. The van der Waals surface area contributed by atoms with Crippen LogP contribution in [0.1, 0.15) is 29.3 Å². The summed E-state index contributed by atoms with van der Waals surface area (Å²) in [6, 6.07) is 13.6. The number of nitrogens with zero attached hydrogens (tertiary/aromatic N) is 1. The van der Waals surface area contributed by atoms with E-state index in [0.717, 1.165) is 53.5 Å². The maximum atomic E-state index is 13.7. The summed E-state index contributed by atoms with van der Waals surface area (Å²) in [6.45, 7) is 0.728. The topological polar surface area (TPSA) is 48.0 Å². The van der Waals surface area contributed by atoms with Gasteiger partial charge in [0.2, 0.25) is 5.91 Å². The predicted molar refractivity (Wildman–Crippen MR) is 110 cm³/mol. The second-order valence-electron chi connectivity index (χ2n) is 7.11. The van der Waals surface area contributed by atoms with E-state index >= 15 is 0 Å². The Morgan fingerprint density at radius 1 is 1.04 bits per heavy atom. The molecule has 6 heteroatoms. The summed E-state index contributed by atoms with van der Waals surface area (Å²) in [7, 11) is 4.97. The molecule has 1 aliphatic heterocycles.